The number of nitrogens with one attached hydrogen (secondary N) is 1. The van der Waals surface area contributed by atoms with Crippen LogP contribution >= 0.6 is 0 Å². The molecule has 2 heterocycles. The summed E-state index contributed by atoms with van der Waals surface area (Å²) in [5.74, 6) is 0.0923. The lowest BCUT2D eigenvalue weighted by atomic mass is 10.2. The summed E-state index contributed by atoms with van der Waals surface area (Å²) >= 11 is 0. The van der Waals surface area contributed by atoms with Gasteiger partial charge in [-0.3, -0.25) is 4.79 Å². The maximum absolute atomic E-state index is 12.4. The number of piperazine rings is 1. The molecule has 24 heavy (non-hydrogen) atoms. The van der Waals surface area contributed by atoms with Crippen LogP contribution in [0, 0.1) is 0 Å². The second-order valence-corrected chi connectivity index (χ2v) is 6.56. The Bertz CT molecular complexity index is 538. The van der Waals surface area contributed by atoms with E-state index in [9.17, 15) is 4.79 Å². The van der Waals surface area contributed by atoms with Crippen molar-refractivity contribution < 1.29 is 9.53 Å². The standard InChI is InChI=1S/C18H28N4O2/c1-20-8-10-21(11-9-20)7-6-18(23)19-16-4-2-3-5-17(16)22-12-14-24-15-13-22/h2-5H,6-15H2,1H3,(H,19,23). The summed E-state index contributed by atoms with van der Waals surface area (Å²) in [5.41, 5.74) is 2.00. The van der Waals surface area contributed by atoms with E-state index in [2.05, 4.69) is 33.1 Å². The van der Waals surface area contributed by atoms with Crippen LogP contribution in [0.3, 0.4) is 0 Å². The van der Waals surface area contributed by atoms with Crippen molar-refractivity contribution >= 4 is 17.3 Å². The van der Waals surface area contributed by atoms with E-state index in [0.717, 1.165) is 70.4 Å². The molecule has 0 aromatic heterocycles. The van der Waals surface area contributed by atoms with Crippen LogP contribution in [0.1, 0.15) is 6.42 Å². The van der Waals surface area contributed by atoms with Crippen molar-refractivity contribution in [3.05, 3.63) is 24.3 Å². The molecule has 0 bridgehead atoms. The Hall–Kier alpha value is -1.63. The van der Waals surface area contributed by atoms with Gasteiger partial charge in [-0.1, -0.05) is 12.1 Å². The minimum absolute atomic E-state index is 0.0923. The molecule has 0 spiro atoms. The van der Waals surface area contributed by atoms with E-state index in [4.69, 9.17) is 4.74 Å². The number of nitrogens with zero attached hydrogens (tertiary/aromatic N) is 3. The molecule has 0 atom stereocenters. The first kappa shape index (κ1) is 17.2. The van der Waals surface area contributed by atoms with Crippen LogP contribution < -0.4 is 10.2 Å². The fourth-order valence-corrected chi connectivity index (χ4v) is 3.20. The van der Waals surface area contributed by atoms with Gasteiger partial charge in [-0.2, -0.15) is 0 Å². The molecule has 6 heteroatoms. The molecule has 2 saturated heterocycles. The van der Waals surface area contributed by atoms with Gasteiger partial charge in [-0.05, 0) is 19.2 Å². The van der Waals surface area contributed by atoms with Crippen LogP contribution in [0.5, 0.6) is 0 Å². The van der Waals surface area contributed by atoms with Crippen LogP contribution in [0.4, 0.5) is 11.4 Å². The molecule has 6 nitrogen and oxygen atoms in total. The highest BCUT2D eigenvalue weighted by Gasteiger charge is 2.17. The molecule has 132 valence electrons. The summed E-state index contributed by atoms with van der Waals surface area (Å²) in [6.07, 6.45) is 0.543. The predicted molar refractivity (Wildman–Crippen MR) is 96.7 cm³/mol. The van der Waals surface area contributed by atoms with E-state index in [0.29, 0.717) is 6.42 Å². The van der Waals surface area contributed by atoms with Crippen molar-refractivity contribution in [3.63, 3.8) is 0 Å². The zero-order chi connectivity index (χ0) is 16.8. The van der Waals surface area contributed by atoms with Crippen LogP contribution in [0.2, 0.25) is 0 Å². The number of carbonyl (C=O) groups excluding carboxylic acids is 1. The summed E-state index contributed by atoms with van der Waals surface area (Å²) in [7, 11) is 2.15. The van der Waals surface area contributed by atoms with Crippen molar-refractivity contribution in [1.29, 1.82) is 0 Å². The third-order valence-electron chi connectivity index (χ3n) is 4.78. The Balaban J connectivity index is 1.52. The summed E-state index contributed by atoms with van der Waals surface area (Å²) in [5, 5.41) is 3.10. The Morgan fingerprint density at radius 2 is 1.79 bits per heavy atom. The van der Waals surface area contributed by atoms with Crippen LogP contribution in [-0.2, 0) is 9.53 Å². The van der Waals surface area contributed by atoms with Gasteiger partial charge in [-0.15, -0.1) is 0 Å². The van der Waals surface area contributed by atoms with Gasteiger partial charge in [0, 0.05) is 52.2 Å². The van der Waals surface area contributed by atoms with Crippen molar-refractivity contribution in [3.8, 4) is 0 Å². The van der Waals surface area contributed by atoms with Gasteiger partial charge in [0.1, 0.15) is 0 Å². The molecular formula is C18H28N4O2. The highest BCUT2D eigenvalue weighted by Crippen LogP contribution is 2.26. The van der Waals surface area contributed by atoms with E-state index in [1.165, 1.54) is 0 Å². The Morgan fingerprint density at radius 1 is 1.08 bits per heavy atom. The minimum Gasteiger partial charge on any atom is -0.378 e. The Morgan fingerprint density at radius 3 is 2.54 bits per heavy atom. The number of amides is 1. The minimum atomic E-state index is 0.0923. The number of likely N-dealkylation sites (N-methyl/N-ethyl adjacent to an activating group) is 1. The maximum Gasteiger partial charge on any atom is 0.225 e. The van der Waals surface area contributed by atoms with Gasteiger partial charge < -0.3 is 24.8 Å². The fraction of sp³-hybridized carbons (Fsp3) is 0.611. The van der Waals surface area contributed by atoms with Gasteiger partial charge in [0.05, 0.1) is 24.6 Å². The molecule has 2 aliphatic rings. The molecule has 0 radical (unpaired) electrons. The second kappa shape index (κ2) is 8.46. The predicted octanol–water partition coefficient (Wildman–Crippen LogP) is 1.10. The van der Waals surface area contributed by atoms with Crippen LogP contribution in [-0.4, -0.2) is 81.8 Å². The monoisotopic (exact) mass is 332 g/mol. The first-order valence-electron chi connectivity index (χ1n) is 8.85. The van der Waals surface area contributed by atoms with E-state index < -0.39 is 0 Å². The van der Waals surface area contributed by atoms with Crippen LogP contribution in [0.15, 0.2) is 24.3 Å². The fourth-order valence-electron chi connectivity index (χ4n) is 3.20. The van der Waals surface area contributed by atoms with E-state index in [1.54, 1.807) is 0 Å². The van der Waals surface area contributed by atoms with Crippen molar-refractivity contribution in [2.75, 3.05) is 76.3 Å². The van der Waals surface area contributed by atoms with Crippen molar-refractivity contribution in [1.82, 2.24) is 9.80 Å². The van der Waals surface area contributed by atoms with Gasteiger partial charge in [0.25, 0.3) is 0 Å². The number of ether oxygens (including phenoxy) is 1. The highest BCUT2D eigenvalue weighted by atomic mass is 16.5. The first-order chi connectivity index (χ1) is 11.7. The molecule has 0 unspecified atom stereocenters. The van der Waals surface area contributed by atoms with Gasteiger partial charge in [-0.25, -0.2) is 0 Å². The van der Waals surface area contributed by atoms with E-state index in [1.807, 2.05) is 18.2 Å². The lowest BCUT2D eigenvalue weighted by Crippen LogP contribution is -2.45. The van der Waals surface area contributed by atoms with Gasteiger partial charge in [0.15, 0.2) is 0 Å². The number of para-hydroxylation sites is 2. The molecular weight excluding hydrogens is 304 g/mol. The number of benzene rings is 1. The summed E-state index contributed by atoms with van der Waals surface area (Å²) in [6.45, 7) is 8.32. The largest absolute Gasteiger partial charge is 0.378 e. The summed E-state index contributed by atoms with van der Waals surface area (Å²) in [4.78, 5) is 19.3. The number of carbonyl (C=O) groups is 1. The zero-order valence-corrected chi connectivity index (χ0v) is 14.5. The van der Waals surface area contributed by atoms with E-state index in [-0.39, 0.29) is 5.91 Å². The third kappa shape index (κ3) is 4.69. The molecule has 3 rings (SSSR count). The van der Waals surface area contributed by atoms with E-state index >= 15 is 0 Å². The molecule has 2 fully saturated rings. The molecule has 1 amide bonds. The number of hydrogen-bond acceptors (Lipinski definition) is 5. The molecule has 0 aliphatic carbocycles. The summed E-state index contributed by atoms with van der Waals surface area (Å²) in [6, 6.07) is 8.05. The normalized spacial score (nSPS) is 20.1. The van der Waals surface area contributed by atoms with Crippen LogP contribution in [0.25, 0.3) is 0 Å². The number of rotatable bonds is 5. The second-order valence-electron chi connectivity index (χ2n) is 6.56. The average molecular weight is 332 g/mol. The number of morpholine rings is 1. The zero-order valence-electron chi connectivity index (χ0n) is 14.5. The smallest absolute Gasteiger partial charge is 0.225 e. The van der Waals surface area contributed by atoms with Crippen molar-refractivity contribution in [2.24, 2.45) is 0 Å². The van der Waals surface area contributed by atoms with Gasteiger partial charge in [0.2, 0.25) is 5.91 Å². The summed E-state index contributed by atoms with van der Waals surface area (Å²) < 4.78 is 5.42. The molecule has 1 aromatic rings. The molecule has 0 saturated carbocycles. The van der Waals surface area contributed by atoms with Gasteiger partial charge >= 0.3 is 0 Å². The molecule has 1 N–H and O–H groups in total. The topological polar surface area (TPSA) is 48.0 Å². The number of hydrogen-bond donors (Lipinski definition) is 1. The highest BCUT2D eigenvalue weighted by molar-refractivity contribution is 5.94. The Kier molecular flexibility index (Phi) is 6.07. The first-order valence-corrected chi connectivity index (χ1v) is 8.85. The third-order valence-corrected chi connectivity index (χ3v) is 4.78. The quantitative estimate of drug-likeness (QED) is 0.875. The lowest BCUT2D eigenvalue weighted by Gasteiger charge is -2.32. The SMILES string of the molecule is CN1CCN(CCC(=O)Nc2ccccc2N2CCOCC2)CC1. The average Bonchev–Trinajstić information content (AvgIpc) is 2.62. The maximum atomic E-state index is 12.4. The molecule has 1 aromatic carbocycles. The number of anilines is 2. The lowest BCUT2D eigenvalue weighted by molar-refractivity contribution is -0.116. The van der Waals surface area contributed by atoms with Crippen molar-refractivity contribution in [2.45, 2.75) is 6.42 Å². The molecule has 2 aliphatic heterocycles. The Labute approximate surface area is 144 Å².